The fourth-order valence-corrected chi connectivity index (χ4v) is 4.28. The molecule has 2 atom stereocenters. The van der Waals surface area contributed by atoms with Gasteiger partial charge in [0.05, 0.1) is 16.6 Å². The number of nitrogens with zero attached hydrogens (tertiary/aromatic N) is 3. The Labute approximate surface area is 133 Å². The maximum Gasteiger partial charge on any atom is 0.137 e. The molecule has 2 aromatic rings. The van der Waals surface area contributed by atoms with Crippen molar-refractivity contribution in [2.75, 3.05) is 13.1 Å². The van der Waals surface area contributed by atoms with Crippen LogP contribution in [-0.2, 0) is 12.0 Å². The molecule has 1 saturated carbocycles. The van der Waals surface area contributed by atoms with E-state index in [1.165, 1.54) is 5.56 Å². The number of piperidine rings is 1. The van der Waals surface area contributed by atoms with Crippen molar-refractivity contribution in [1.82, 2.24) is 20.1 Å². The molecule has 1 aromatic carbocycles. The summed E-state index contributed by atoms with van der Waals surface area (Å²) in [5, 5.41) is 9.06. The Morgan fingerprint density at radius 3 is 2.95 bits per heavy atom. The van der Waals surface area contributed by atoms with Gasteiger partial charge in [-0.1, -0.05) is 29.3 Å². The Balaban J connectivity index is 1.70. The summed E-state index contributed by atoms with van der Waals surface area (Å²) in [6.07, 6.45) is 5.67. The molecule has 1 aromatic heterocycles. The topological polar surface area (TPSA) is 42.7 Å². The molecule has 1 aliphatic heterocycles. The van der Waals surface area contributed by atoms with E-state index in [0.717, 1.165) is 32.5 Å². The van der Waals surface area contributed by atoms with Crippen LogP contribution >= 0.6 is 23.2 Å². The van der Waals surface area contributed by atoms with E-state index in [1.54, 1.807) is 12.7 Å². The second kappa shape index (κ2) is 4.70. The maximum absolute atomic E-state index is 6.23. The van der Waals surface area contributed by atoms with Crippen LogP contribution in [0.3, 0.4) is 0 Å². The maximum atomic E-state index is 6.23. The summed E-state index contributed by atoms with van der Waals surface area (Å²) in [7, 11) is 0. The van der Waals surface area contributed by atoms with Gasteiger partial charge in [0.1, 0.15) is 12.7 Å². The largest absolute Gasteiger partial charge is 0.316 e. The van der Waals surface area contributed by atoms with Gasteiger partial charge in [-0.25, -0.2) is 4.98 Å². The number of aromatic nitrogens is 3. The molecule has 0 spiro atoms. The smallest absolute Gasteiger partial charge is 0.137 e. The molecule has 0 radical (unpaired) electrons. The van der Waals surface area contributed by atoms with Crippen molar-refractivity contribution in [3.63, 3.8) is 0 Å². The van der Waals surface area contributed by atoms with Crippen LogP contribution < -0.4 is 5.32 Å². The summed E-state index contributed by atoms with van der Waals surface area (Å²) in [4.78, 5) is 4.05. The molecule has 1 N–H and O–H groups in total. The van der Waals surface area contributed by atoms with E-state index in [0.29, 0.717) is 10.0 Å². The van der Waals surface area contributed by atoms with Gasteiger partial charge < -0.3 is 5.32 Å². The van der Waals surface area contributed by atoms with Gasteiger partial charge in [-0.3, -0.25) is 4.68 Å². The normalized spacial score (nSPS) is 31.0. The molecule has 110 valence electrons. The van der Waals surface area contributed by atoms with Crippen molar-refractivity contribution in [3.05, 3.63) is 46.5 Å². The third kappa shape index (κ3) is 2.00. The Morgan fingerprint density at radius 2 is 2.19 bits per heavy atom. The highest BCUT2D eigenvalue weighted by molar-refractivity contribution is 6.42. The monoisotopic (exact) mass is 322 g/mol. The summed E-state index contributed by atoms with van der Waals surface area (Å²) in [5.41, 5.74) is 1.70. The summed E-state index contributed by atoms with van der Waals surface area (Å²) < 4.78 is 1.94. The van der Waals surface area contributed by atoms with E-state index < -0.39 is 0 Å². The molecule has 4 nitrogen and oxygen atoms in total. The van der Waals surface area contributed by atoms with E-state index in [2.05, 4.69) is 21.5 Å². The number of nitrogens with one attached hydrogen (secondary N) is 1. The summed E-state index contributed by atoms with van der Waals surface area (Å²) in [6.45, 7) is 2.94. The van der Waals surface area contributed by atoms with Gasteiger partial charge in [-0.05, 0) is 37.1 Å². The highest BCUT2D eigenvalue weighted by Crippen LogP contribution is 2.68. The first kappa shape index (κ1) is 13.6. The lowest BCUT2D eigenvalue weighted by atomic mass is 9.81. The van der Waals surface area contributed by atoms with Crippen LogP contribution in [0, 0.1) is 5.41 Å². The SMILES string of the molecule is Clc1ccc([C@]23CCNC[C@@]2(Cn2cncn2)C3)cc1Cl. The predicted octanol–water partition coefficient (Wildman–Crippen LogP) is 2.91. The second-order valence-corrected chi connectivity index (χ2v) is 7.00. The van der Waals surface area contributed by atoms with Gasteiger partial charge in [0.25, 0.3) is 0 Å². The quantitative estimate of drug-likeness (QED) is 0.944. The van der Waals surface area contributed by atoms with Crippen molar-refractivity contribution in [2.45, 2.75) is 24.8 Å². The zero-order chi connectivity index (χ0) is 14.5. The van der Waals surface area contributed by atoms with Crippen LogP contribution in [0.15, 0.2) is 30.9 Å². The lowest BCUT2D eigenvalue weighted by Gasteiger charge is -2.31. The molecule has 21 heavy (non-hydrogen) atoms. The zero-order valence-electron chi connectivity index (χ0n) is 11.5. The summed E-state index contributed by atoms with van der Waals surface area (Å²) in [6, 6.07) is 6.08. The first-order valence-corrected chi connectivity index (χ1v) is 7.90. The number of hydrogen-bond acceptors (Lipinski definition) is 3. The highest BCUT2D eigenvalue weighted by atomic mass is 35.5. The van der Waals surface area contributed by atoms with E-state index in [4.69, 9.17) is 23.2 Å². The number of hydrogen-bond donors (Lipinski definition) is 1. The predicted molar refractivity (Wildman–Crippen MR) is 82.7 cm³/mol. The molecule has 0 unspecified atom stereocenters. The molecule has 1 aliphatic carbocycles. The van der Waals surface area contributed by atoms with Gasteiger partial charge in [-0.2, -0.15) is 5.10 Å². The Hall–Kier alpha value is -1.10. The van der Waals surface area contributed by atoms with Gasteiger partial charge in [-0.15, -0.1) is 0 Å². The van der Waals surface area contributed by atoms with E-state index in [1.807, 2.05) is 16.8 Å². The number of rotatable bonds is 3. The van der Waals surface area contributed by atoms with Crippen molar-refractivity contribution < 1.29 is 0 Å². The van der Waals surface area contributed by atoms with Crippen LogP contribution in [-0.4, -0.2) is 27.9 Å². The number of fused-ring (bicyclic) bond motifs is 1. The minimum atomic E-state index is 0.193. The van der Waals surface area contributed by atoms with Gasteiger partial charge in [0.15, 0.2) is 0 Å². The zero-order valence-corrected chi connectivity index (χ0v) is 13.0. The molecule has 4 rings (SSSR count). The van der Waals surface area contributed by atoms with Crippen LogP contribution in [0.1, 0.15) is 18.4 Å². The van der Waals surface area contributed by atoms with E-state index >= 15 is 0 Å². The average molecular weight is 323 g/mol. The van der Waals surface area contributed by atoms with Crippen LogP contribution in [0.4, 0.5) is 0 Å². The molecule has 2 aliphatic rings. The third-order valence-electron chi connectivity index (χ3n) is 5.13. The van der Waals surface area contributed by atoms with Crippen LogP contribution in [0.2, 0.25) is 10.0 Å². The molecule has 2 heterocycles. The Morgan fingerprint density at radius 1 is 1.29 bits per heavy atom. The minimum Gasteiger partial charge on any atom is -0.316 e. The molecule has 2 fully saturated rings. The molecule has 1 saturated heterocycles. The van der Waals surface area contributed by atoms with Crippen LogP contribution in [0.25, 0.3) is 0 Å². The summed E-state index contributed by atoms with van der Waals surface area (Å²) >= 11 is 12.3. The minimum absolute atomic E-state index is 0.193. The highest BCUT2D eigenvalue weighted by Gasteiger charge is 2.68. The fraction of sp³-hybridized carbons (Fsp3) is 0.467. The summed E-state index contributed by atoms with van der Waals surface area (Å²) in [5.74, 6) is 0. The van der Waals surface area contributed by atoms with Crippen LogP contribution in [0.5, 0.6) is 0 Å². The van der Waals surface area contributed by atoms with Crippen molar-refractivity contribution in [1.29, 1.82) is 0 Å². The first-order valence-electron chi connectivity index (χ1n) is 7.14. The lowest BCUT2D eigenvalue weighted by Crippen LogP contribution is -2.40. The van der Waals surface area contributed by atoms with Gasteiger partial charge >= 0.3 is 0 Å². The molecule has 0 bridgehead atoms. The first-order chi connectivity index (χ1) is 10.2. The molecule has 0 amide bonds. The third-order valence-corrected chi connectivity index (χ3v) is 5.86. The van der Waals surface area contributed by atoms with Gasteiger partial charge in [0.2, 0.25) is 0 Å². The Bertz CT molecular complexity index is 672. The fourth-order valence-electron chi connectivity index (χ4n) is 3.98. The van der Waals surface area contributed by atoms with Crippen molar-refractivity contribution in [2.24, 2.45) is 5.41 Å². The lowest BCUT2D eigenvalue weighted by molar-refractivity contribution is 0.275. The molecular formula is C15H16Cl2N4. The van der Waals surface area contributed by atoms with Gasteiger partial charge in [0, 0.05) is 17.4 Å². The van der Waals surface area contributed by atoms with Crippen molar-refractivity contribution >= 4 is 23.2 Å². The van der Waals surface area contributed by atoms with Crippen molar-refractivity contribution in [3.8, 4) is 0 Å². The van der Waals surface area contributed by atoms with E-state index in [-0.39, 0.29) is 10.8 Å². The molecular weight excluding hydrogens is 307 g/mol. The average Bonchev–Trinajstić information content (AvgIpc) is 2.88. The second-order valence-electron chi connectivity index (χ2n) is 6.19. The number of benzene rings is 1. The van der Waals surface area contributed by atoms with E-state index in [9.17, 15) is 0 Å². The Kier molecular flexibility index (Phi) is 3.03. The standard InChI is InChI=1S/C15H16Cl2N4/c16-12-2-1-11(5-13(12)17)15-3-4-18-7-14(15,6-15)8-21-10-19-9-20-21/h1-2,5,9-10,18H,3-4,6-8H2/t14-,15-/m1/s1. The number of halogens is 2. The molecule has 6 heteroatoms.